The maximum Gasteiger partial charge on any atom is 0.239 e. The van der Waals surface area contributed by atoms with E-state index in [1.54, 1.807) is 11.4 Å². The number of amides is 1. The molecule has 6 heteroatoms. The van der Waals surface area contributed by atoms with Gasteiger partial charge in [-0.2, -0.15) is 5.26 Å². The zero-order valence-corrected chi connectivity index (χ0v) is 11.6. The van der Waals surface area contributed by atoms with E-state index in [2.05, 4.69) is 16.3 Å². The minimum absolute atomic E-state index is 0.0701. The molecular formula is C13H18N4OS. The van der Waals surface area contributed by atoms with Crippen molar-refractivity contribution in [1.29, 1.82) is 5.26 Å². The second-order valence-electron chi connectivity index (χ2n) is 4.68. The monoisotopic (exact) mass is 278 g/mol. The van der Waals surface area contributed by atoms with E-state index >= 15 is 0 Å². The maximum absolute atomic E-state index is 12.0. The van der Waals surface area contributed by atoms with E-state index in [1.165, 1.54) is 17.8 Å². The fourth-order valence-corrected chi connectivity index (χ4v) is 3.13. The lowest BCUT2D eigenvalue weighted by molar-refractivity contribution is -0.118. The van der Waals surface area contributed by atoms with Gasteiger partial charge in [-0.1, -0.05) is 6.42 Å². The summed E-state index contributed by atoms with van der Waals surface area (Å²) in [5, 5.41) is 14.1. The lowest BCUT2D eigenvalue weighted by Crippen LogP contribution is -2.47. The molecule has 0 bridgehead atoms. The highest BCUT2D eigenvalue weighted by molar-refractivity contribution is 7.14. The molecule has 102 valence electrons. The third kappa shape index (κ3) is 3.53. The Bertz CT molecular complexity index is 479. The van der Waals surface area contributed by atoms with Gasteiger partial charge in [-0.15, -0.1) is 11.3 Å². The summed E-state index contributed by atoms with van der Waals surface area (Å²) in [4.78, 5) is 14.1. The molecule has 1 saturated heterocycles. The summed E-state index contributed by atoms with van der Waals surface area (Å²) < 4.78 is 0. The minimum Gasteiger partial charge on any atom is -0.329 e. The Balaban J connectivity index is 1.92. The molecule has 19 heavy (non-hydrogen) atoms. The van der Waals surface area contributed by atoms with Crippen LogP contribution < -0.4 is 11.1 Å². The van der Waals surface area contributed by atoms with Crippen LogP contribution in [-0.2, 0) is 4.79 Å². The Morgan fingerprint density at radius 3 is 3.21 bits per heavy atom. The van der Waals surface area contributed by atoms with Crippen molar-refractivity contribution in [3.05, 3.63) is 17.0 Å². The molecule has 1 aromatic rings. The molecule has 2 heterocycles. The third-order valence-electron chi connectivity index (χ3n) is 3.41. The number of rotatable bonds is 4. The standard InChI is InChI=1S/C13H18N4OS/c14-7-10-4-6-19-13(10)16-12(18)9-17-5-2-1-3-11(17)8-15/h4,6,11H,1-3,5,8-9,15H2,(H,16,18). The van der Waals surface area contributed by atoms with Gasteiger partial charge in [0.1, 0.15) is 11.1 Å². The van der Waals surface area contributed by atoms with Crippen LogP contribution in [0.4, 0.5) is 5.00 Å². The molecule has 0 aliphatic carbocycles. The van der Waals surface area contributed by atoms with Gasteiger partial charge in [-0.25, -0.2) is 0 Å². The molecule has 0 radical (unpaired) electrons. The van der Waals surface area contributed by atoms with Gasteiger partial charge >= 0.3 is 0 Å². The Morgan fingerprint density at radius 1 is 1.63 bits per heavy atom. The summed E-state index contributed by atoms with van der Waals surface area (Å²) in [6, 6.07) is 4.08. The van der Waals surface area contributed by atoms with Gasteiger partial charge in [0.05, 0.1) is 12.1 Å². The summed E-state index contributed by atoms with van der Waals surface area (Å²) in [7, 11) is 0. The smallest absolute Gasteiger partial charge is 0.239 e. The molecule has 0 saturated carbocycles. The van der Waals surface area contributed by atoms with E-state index in [4.69, 9.17) is 11.0 Å². The molecule has 1 amide bonds. The molecule has 0 aromatic carbocycles. The molecular weight excluding hydrogens is 260 g/mol. The highest BCUT2D eigenvalue weighted by atomic mass is 32.1. The molecule has 1 aromatic heterocycles. The van der Waals surface area contributed by atoms with Gasteiger partial charge in [0, 0.05) is 12.6 Å². The van der Waals surface area contributed by atoms with Crippen molar-refractivity contribution >= 4 is 22.2 Å². The summed E-state index contributed by atoms with van der Waals surface area (Å²) in [6.45, 7) is 1.87. The quantitative estimate of drug-likeness (QED) is 0.871. The second kappa shape index (κ2) is 6.66. The number of hydrogen-bond acceptors (Lipinski definition) is 5. The maximum atomic E-state index is 12.0. The first-order valence-electron chi connectivity index (χ1n) is 6.46. The van der Waals surface area contributed by atoms with Crippen LogP contribution in [0.5, 0.6) is 0 Å². The number of anilines is 1. The number of carbonyl (C=O) groups excluding carboxylic acids is 1. The highest BCUT2D eigenvalue weighted by Gasteiger charge is 2.23. The van der Waals surface area contributed by atoms with Crippen LogP contribution in [0, 0.1) is 11.3 Å². The normalized spacial score (nSPS) is 19.9. The van der Waals surface area contributed by atoms with Crippen molar-refractivity contribution in [1.82, 2.24) is 4.90 Å². The number of thiophene rings is 1. The van der Waals surface area contributed by atoms with E-state index in [-0.39, 0.29) is 5.91 Å². The van der Waals surface area contributed by atoms with E-state index < -0.39 is 0 Å². The van der Waals surface area contributed by atoms with Crippen molar-refractivity contribution in [2.45, 2.75) is 25.3 Å². The predicted octanol–water partition coefficient (Wildman–Crippen LogP) is 1.37. The van der Waals surface area contributed by atoms with Crippen LogP contribution >= 0.6 is 11.3 Å². The molecule has 1 unspecified atom stereocenters. The molecule has 1 aliphatic rings. The van der Waals surface area contributed by atoms with Crippen molar-refractivity contribution in [2.75, 3.05) is 25.0 Å². The van der Waals surface area contributed by atoms with Crippen molar-refractivity contribution < 1.29 is 4.79 Å². The summed E-state index contributed by atoms with van der Waals surface area (Å²) in [5.41, 5.74) is 6.26. The van der Waals surface area contributed by atoms with Crippen molar-refractivity contribution in [2.24, 2.45) is 5.73 Å². The Morgan fingerprint density at radius 2 is 2.47 bits per heavy atom. The molecule has 1 fully saturated rings. The lowest BCUT2D eigenvalue weighted by atomic mass is 10.0. The van der Waals surface area contributed by atoms with Gasteiger partial charge in [-0.3, -0.25) is 9.69 Å². The van der Waals surface area contributed by atoms with Crippen LogP contribution in [0.15, 0.2) is 11.4 Å². The van der Waals surface area contributed by atoms with Crippen molar-refractivity contribution in [3.63, 3.8) is 0 Å². The molecule has 3 N–H and O–H groups in total. The highest BCUT2D eigenvalue weighted by Crippen LogP contribution is 2.22. The number of nitrogens with two attached hydrogens (primary N) is 1. The number of nitriles is 1. The topological polar surface area (TPSA) is 82.2 Å². The number of piperidine rings is 1. The number of hydrogen-bond donors (Lipinski definition) is 2. The van der Waals surface area contributed by atoms with Gasteiger partial charge in [0.15, 0.2) is 0 Å². The Kier molecular flexibility index (Phi) is 4.91. The number of carbonyl (C=O) groups is 1. The third-order valence-corrected chi connectivity index (χ3v) is 4.24. The number of nitrogens with zero attached hydrogens (tertiary/aromatic N) is 2. The van der Waals surface area contributed by atoms with E-state index in [1.807, 2.05) is 0 Å². The molecule has 1 atom stereocenters. The zero-order valence-electron chi connectivity index (χ0n) is 10.8. The number of likely N-dealkylation sites (tertiary alicyclic amines) is 1. The summed E-state index contributed by atoms with van der Waals surface area (Å²) >= 11 is 1.37. The van der Waals surface area contributed by atoms with Crippen LogP contribution in [0.3, 0.4) is 0 Å². The van der Waals surface area contributed by atoms with E-state index in [0.717, 1.165) is 19.4 Å². The average Bonchev–Trinajstić information content (AvgIpc) is 2.86. The fraction of sp³-hybridized carbons (Fsp3) is 0.538. The number of nitrogens with one attached hydrogen (secondary N) is 1. The molecule has 0 spiro atoms. The van der Waals surface area contributed by atoms with Crippen LogP contribution in [0.25, 0.3) is 0 Å². The predicted molar refractivity (Wildman–Crippen MR) is 75.9 cm³/mol. The van der Waals surface area contributed by atoms with Gasteiger partial charge in [0.25, 0.3) is 0 Å². The second-order valence-corrected chi connectivity index (χ2v) is 5.60. The van der Waals surface area contributed by atoms with E-state index in [9.17, 15) is 4.79 Å². The van der Waals surface area contributed by atoms with Crippen LogP contribution in [0.2, 0.25) is 0 Å². The van der Waals surface area contributed by atoms with Gasteiger partial charge in [0.2, 0.25) is 5.91 Å². The van der Waals surface area contributed by atoms with E-state index in [0.29, 0.717) is 29.7 Å². The first-order valence-corrected chi connectivity index (χ1v) is 7.34. The SMILES string of the molecule is N#Cc1ccsc1NC(=O)CN1CCCCC1CN. The Hall–Kier alpha value is -1.42. The van der Waals surface area contributed by atoms with Crippen LogP contribution in [0.1, 0.15) is 24.8 Å². The van der Waals surface area contributed by atoms with Gasteiger partial charge < -0.3 is 11.1 Å². The largest absolute Gasteiger partial charge is 0.329 e. The minimum atomic E-state index is -0.0701. The first-order chi connectivity index (χ1) is 9.24. The summed E-state index contributed by atoms with van der Waals surface area (Å²) in [6.07, 6.45) is 3.36. The van der Waals surface area contributed by atoms with Gasteiger partial charge in [-0.05, 0) is 30.8 Å². The Labute approximate surface area is 117 Å². The van der Waals surface area contributed by atoms with Crippen molar-refractivity contribution in [3.8, 4) is 6.07 Å². The zero-order chi connectivity index (χ0) is 13.7. The molecule has 5 nitrogen and oxygen atoms in total. The summed E-state index contributed by atoms with van der Waals surface area (Å²) in [5.74, 6) is -0.0701. The molecule has 2 rings (SSSR count). The lowest BCUT2D eigenvalue weighted by Gasteiger charge is -2.34. The van der Waals surface area contributed by atoms with Crippen LogP contribution in [-0.4, -0.2) is 36.5 Å². The average molecular weight is 278 g/mol. The molecule has 1 aliphatic heterocycles. The first kappa shape index (κ1) is 14.0. The fourth-order valence-electron chi connectivity index (χ4n) is 2.38.